The lowest BCUT2D eigenvalue weighted by molar-refractivity contribution is -0.384. The van der Waals surface area contributed by atoms with Gasteiger partial charge in [-0.25, -0.2) is 0 Å². The highest BCUT2D eigenvalue weighted by atomic mass is 16.6. The third-order valence-corrected chi connectivity index (χ3v) is 10.2. The number of aromatic nitrogens is 1. The topological polar surface area (TPSA) is 114 Å². The second-order valence-electron chi connectivity index (χ2n) is 12.8. The number of fused-ring (bicyclic) bond motifs is 3. The molecule has 6 aromatic rings. The third-order valence-electron chi connectivity index (χ3n) is 10.2. The molecule has 2 heterocycles. The van der Waals surface area contributed by atoms with Crippen molar-refractivity contribution in [3.05, 3.63) is 159 Å². The number of hydrogen-bond acceptors (Lipinski definition) is 7. The molecule has 0 radical (unpaired) electrons. The van der Waals surface area contributed by atoms with E-state index in [1.807, 2.05) is 67.7 Å². The van der Waals surface area contributed by atoms with Crippen LogP contribution in [0.5, 0.6) is 0 Å². The highest BCUT2D eigenvalue weighted by Gasteiger charge is 2.56. The van der Waals surface area contributed by atoms with Gasteiger partial charge in [0, 0.05) is 71.1 Å². The molecule has 1 atom stereocenters. The molecule has 1 unspecified atom stereocenters. The van der Waals surface area contributed by atoms with Gasteiger partial charge in [-0.1, -0.05) is 78.9 Å². The second kappa shape index (κ2) is 11.7. The zero-order valence-electron chi connectivity index (χ0n) is 27.6. The molecule has 0 bridgehead atoms. The molecule has 8 rings (SSSR count). The fourth-order valence-electron chi connectivity index (χ4n) is 8.07. The number of carbonyl (C=O) groups excluding carboxylic acids is 2. The number of aryl methyl sites for hydroxylation is 1. The summed E-state index contributed by atoms with van der Waals surface area (Å²) >= 11 is 0. The number of rotatable bonds is 6. The van der Waals surface area contributed by atoms with E-state index in [0.717, 1.165) is 50.0 Å². The van der Waals surface area contributed by atoms with Crippen molar-refractivity contribution in [3.8, 4) is 11.3 Å². The Bertz CT molecular complexity index is 2350. The molecule has 0 saturated carbocycles. The van der Waals surface area contributed by atoms with E-state index in [9.17, 15) is 19.7 Å². The van der Waals surface area contributed by atoms with Crippen LogP contribution in [-0.4, -0.2) is 35.6 Å². The summed E-state index contributed by atoms with van der Waals surface area (Å²) in [4.78, 5) is 39.1. The van der Waals surface area contributed by atoms with Gasteiger partial charge in [-0.3, -0.25) is 19.7 Å². The first-order valence-electron chi connectivity index (χ1n) is 16.3. The zero-order chi connectivity index (χ0) is 34.7. The van der Waals surface area contributed by atoms with Crippen molar-refractivity contribution < 1.29 is 28.4 Å². The number of nitrogens with zero attached hydrogens (tertiary/aromatic N) is 2. The first-order chi connectivity index (χ1) is 24.3. The highest BCUT2D eigenvalue weighted by Crippen LogP contribution is 2.59. The summed E-state index contributed by atoms with van der Waals surface area (Å²) in [5.74, 6) is -0.698. The lowest BCUT2D eigenvalue weighted by atomic mass is 9.68. The number of esters is 2. The molecule has 248 valence electrons. The average Bonchev–Trinajstić information content (AvgIpc) is 3.63. The number of allylic oxidation sites excluding steroid dienone is 1. The van der Waals surface area contributed by atoms with Crippen LogP contribution in [-0.2, 0) is 32.5 Å². The second-order valence-corrected chi connectivity index (χ2v) is 12.8. The van der Waals surface area contributed by atoms with Crippen molar-refractivity contribution in [2.75, 3.05) is 14.2 Å². The molecule has 9 heteroatoms. The molecule has 0 aliphatic heterocycles. The van der Waals surface area contributed by atoms with Crippen molar-refractivity contribution in [1.29, 1.82) is 0 Å². The van der Waals surface area contributed by atoms with Crippen molar-refractivity contribution in [2.45, 2.75) is 18.8 Å². The SMILES string of the molecule is COC(=O)C1(C(=O)OC)CC2=C(c3ccc([N+](=O)[O-])cc3)c3c(c4ccccc4n3C)C(c3ccccc3)c3c(-c4ccccc4)oc(c32)C1. The van der Waals surface area contributed by atoms with Crippen LogP contribution in [0, 0.1) is 15.5 Å². The van der Waals surface area contributed by atoms with Gasteiger partial charge in [0.15, 0.2) is 5.41 Å². The number of benzene rings is 4. The van der Waals surface area contributed by atoms with Gasteiger partial charge in [0.2, 0.25) is 0 Å². The van der Waals surface area contributed by atoms with Gasteiger partial charge in [0.25, 0.3) is 5.69 Å². The van der Waals surface area contributed by atoms with Crippen LogP contribution in [0.25, 0.3) is 33.4 Å². The summed E-state index contributed by atoms with van der Waals surface area (Å²) in [6.07, 6.45) is -0.119. The largest absolute Gasteiger partial charge is 0.468 e. The monoisotopic (exact) mass is 664 g/mol. The minimum Gasteiger partial charge on any atom is -0.468 e. The quantitative estimate of drug-likeness (QED) is 0.0766. The Morgan fingerprint density at radius 3 is 2.06 bits per heavy atom. The molecule has 9 nitrogen and oxygen atoms in total. The molecule has 0 spiro atoms. The molecular weight excluding hydrogens is 632 g/mol. The number of methoxy groups -OCH3 is 2. The summed E-state index contributed by atoms with van der Waals surface area (Å²) < 4.78 is 19.7. The third kappa shape index (κ3) is 4.46. The molecule has 4 aromatic carbocycles. The van der Waals surface area contributed by atoms with E-state index in [0.29, 0.717) is 22.7 Å². The van der Waals surface area contributed by atoms with Crippen LogP contribution in [0.2, 0.25) is 0 Å². The molecular formula is C41H32N2O7. The Morgan fingerprint density at radius 1 is 0.800 bits per heavy atom. The average molecular weight is 665 g/mol. The van der Waals surface area contributed by atoms with Gasteiger partial charge in [-0.15, -0.1) is 0 Å². The Hall–Kier alpha value is -6.22. The van der Waals surface area contributed by atoms with E-state index in [4.69, 9.17) is 13.9 Å². The summed E-state index contributed by atoms with van der Waals surface area (Å²) in [6, 6.07) is 34.7. The minimum absolute atomic E-state index is 0.0467. The molecule has 0 N–H and O–H groups in total. The van der Waals surface area contributed by atoms with E-state index in [1.54, 1.807) is 12.1 Å². The van der Waals surface area contributed by atoms with Crippen LogP contribution >= 0.6 is 0 Å². The molecule has 50 heavy (non-hydrogen) atoms. The van der Waals surface area contributed by atoms with Crippen molar-refractivity contribution in [3.63, 3.8) is 0 Å². The van der Waals surface area contributed by atoms with Gasteiger partial charge < -0.3 is 18.5 Å². The molecule has 0 fully saturated rings. The molecule has 2 aliphatic rings. The fraction of sp³-hybridized carbons (Fsp3) is 0.171. The van der Waals surface area contributed by atoms with Gasteiger partial charge in [0.05, 0.1) is 24.8 Å². The summed E-state index contributed by atoms with van der Waals surface area (Å²) in [5, 5.41) is 12.8. The Morgan fingerprint density at radius 2 is 1.42 bits per heavy atom. The zero-order valence-corrected chi connectivity index (χ0v) is 27.6. The number of nitro groups is 1. The van der Waals surface area contributed by atoms with E-state index in [2.05, 4.69) is 28.8 Å². The molecule has 2 aromatic heterocycles. The maximum Gasteiger partial charge on any atom is 0.324 e. The van der Waals surface area contributed by atoms with E-state index in [1.165, 1.54) is 26.4 Å². The van der Waals surface area contributed by atoms with E-state index < -0.39 is 22.3 Å². The fourth-order valence-corrected chi connectivity index (χ4v) is 8.07. The smallest absolute Gasteiger partial charge is 0.324 e. The van der Waals surface area contributed by atoms with Gasteiger partial charge >= 0.3 is 11.9 Å². The number of carbonyl (C=O) groups is 2. The van der Waals surface area contributed by atoms with Crippen LogP contribution in [0.3, 0.4) is 0 Å². The van der Waals surface area contributed by atoms with Crippen molar-refractivity contribution >= 4 is 39.7 Å². The predicted molar refractivity (Wildman–Crippen MR) is 188 cm³/mol. The van der Waals surface area contributed by atoms with E-state index in [-0.39, 0.29) is 24.4 Å². The Balaban J connectivity index is 1.61. The summed E-state index contributed by atoms with van der Waals surface area (Å²) in [6.45, 7) is 0. The number of furan rings is 1. The number of para-hydroxylation sites is 1. The number of nitro benzene ring substituents is 1. The molecule has 0 saturated heterocycles. The first-order valence-corrected chi connectivity index (χ1v) is 16.3. The van der Waals surface area contributed by atoms with Crippen LogP contribution < -0.4 is 0 Å². The highest BCUT2D eigenvalue weighted by molar-refractivity contribution is 6.11. The van der Waals surface area contributed by atoms with E-state index >= 15 is 0 Å². The number of hydrogen-bond donors (Lipinski definition) is 0. The van der Waals surface area contributed by atoms with Crippen molar-refractivity contribution in [2.24, 2.45) is 12.5 Å². The Labute approximate surface area is 287 Å². The lowest BCUT2D eigenvalue weighted by Crippen LogP contribution is -2.45. The molecule has 2 aliphatic carbocycles. The summed E-state index contributed by atoms with van der Waals surface area (Å²) in [5.41, 5.74) is 6.82. The predicted octanol–water partition coefficient (Wildman–Crippen LogP) is 8.08. The maximum absolute atomic E-state index is 13.9. The first kappa shape index (κ1) is 31.1. The maximum atomic E-state index is 13.9. The number of non-ortho nitro benzene ring substituents is 1. The normalized spacial score (nSPS) is 15.9. The standard InChI is InChI=1S/C41H32N2O7/c1-42-30-17-11-10-16-28(30)35-33(24-12-6-4-7-13-24)36-34-29(32(37(35)42)25-18-20-27(21-19-25)43(46)47)22-41(39(44)48-2,40(45)49-3)23-31(34)50-38(36)26-14-8-5-9-15-26/h4-21,33H,22-23H2,1-3H3. The summed E-state index contributed by atoms with van der Waals surface area (Å²) in [7, 11) is 4.53. The Kier molecular flexibility index (Phi) is 7.29. The van der Waals surface area contributed by atoms with Gasteiger partial charge in [0.1, 0.15) is 11.5 Å². The van der Waals surface area contributed by atoms with Crippen LogP contribution in [0.4, 0.5) is 5.69 Å². The van der Waals surface area contributed by atoms with Gasteiger partial charge in [-0.05, 0) is 40.5 Å². The lowest BCUT2D eigenvalue weighted by Gasteiger charge is -2.33. The van der Waals surface area contributed by atoms with Gasteiger partial charge in [-0.2, -0.15) is 0 Å². The number of ether oxygens (including phenoxy) is 2. The van der Waals surface area contributed by atoms with Crippen LogP contribution in [0.1, 0.15) is 51.6 Å². The van der Waals surface area contributed by atoms with Crippen molar-refractivity contribution in [1.82, 2.24) is 4.57 Å². The minimum atomic E-state index is -1.75. The van der Waals surface area contributed by atoms with Crippen LogP contribution in [0.15, 0.2) is 114 Å². The molecule has 0 amide bonds.